The molecule has 0 bridgehead atoms. The van der Waals surface area contributed by atoms with Crippen LogP contribution in [0, 0.1) is 6.92 Å². The van der Waals surface area contributed by atoms with E-state index in [1.54, 1.807) is 0 Å². The predicted molar refractivity (Wildman–Crippen MR) is 48.4 cm³/mol. The van der Waals surface area contributed by atoms with E-state index < -0.39 is 0 Å². The summed E-state index contributed by atoms with van der Waals surface area (Å²) in [6, 6.07) is 0. The summed E-state index contributed by atoms with van der Waals surface area (Å²) < 4.78 is 0. The molecule has 0 aromatic carbocycles. The first kappa shape index (κ1) is 8.11. The number of hydrogen-bond acceptors (Lipinski definition) is 6. The van der Waals surface area contributed by atoms with E-state index in [1.807, 2.05) is 6.92 Å². The molecule has 0 radical (unpaired) electrons. The van der Waals surface area contributed by atoms with Gasteiger partial charge in [0.2, 0.25) is 5.13 Å². The van der Waals surface area contributed by atoms with E-state index >= 15 is 0 Å². The van der Waals surface area contributed by atoms with Crippen molar-refractivity contribution in [2.45, 2.75) is 13.5 Å². The molecule has 0 saturated heterocycles. The summed E-state index contributed by atoms with van der Waals surface area (Å²) >= 11 is 1.51. The molecule has 0 saturated carbocycles. The summed E-state index contributed by atoms with van der Waals surface area (Å²) in [4.78, 5) is 3.97. The van der Waals surface area contributed by atoms with Gasteiger partial charge in [0.1, 0.15) is 17.2 Å². The molecule has 2 rings (SSSR count). The lowest BCUT2D eigenvalue weighted by Crippen LogP contribution is -2.00. The molecule has 2 N–H and O–H groups in total. The third-order valence-corrected chi connectivity index (χ3v) is 2.19. The van der Waals surface area contributed by atoms with Crippen LogP contribution in [0.5, 0.6) is 0 Å². The van der Waals surface area contributed by atoms with E-state index in [1.165, 1.54) is 17.7 Å². The number of anilines is 1. The van der Waals surface area contributed by atoms with Crippen LogP contribution in [0.15, 0.2) is 6.33 Å². The van der Waals surface area contributed by atoms with Crippen molar-refractivity contribution in [3.63, 3.8) is 0 Å². The van der Waals surface area contributed by atoms with Crippen LogP contribution in [-0.4, -0.2) is 25.4 Å². The molecule has 0 spiro atoms. The zero-order chi connectivity index (χ0) is 9.10. The van der Waals surface area contributed by atoms with Crippen molar-refractivity contribution in [3.05, 3.63) is 17.2 Å². The number of rotatable bonds is 3. The van der Waals surface area contributed by atoms with Crippen molar-refractivity contribution in [2.75, 3.05) is 5.32 Å². The van der Waals surface area contributed by atoms with Gasteiger partial charge in [0, 0.05) is 0 Å². The highest BCUT2D eigenvalue weighted by molar-refractivity contribution is 7.15. The van der Waals surface area contributed by atoms with Crippen molar-refractivity contribution >= 4 is 16.5 Å². The highest BCUT2D eigenvalue weighted by Gasteiger charge is 2.00. The van der Waals surface area contributed by atoms with Crippen LogP contribution in [0.4, 0.5) is 5.13 Å². The van der Waals surface area contributed by atoms with Gasteiger partial charge in [-0.25, -0.2) is 4.98 Å². The van der Waals surface area contributed by atoms with Crippen LogP contribution in [0.25, 0.3) is 0 Å². The first-order valence-corrected chi connectivity index (χ1v) is 4.54. The van der Waals surface area contributed by atoms with Gasteiger partial charge >= 0.3 is 0 Å². The Morgan fingerprint density at radius 1 is 1.54 bits per heavy atom. The number of aromatic amines is 1. The Labute approximate surface area is 78.4 Å². The second-order valence-corrected chi connectivity index (χ2v) is 3.59. The van der Waals surface area contributed by atoms with Gasteiger partial charge in [-0.2, -0.15) is 5.10 Å². The van der Waals surface area contributed by atoms with E-state index in [0.717, 1.165) is 16.0 Å². The van der Waals surface area contributed by atoms with Gasteiger partial charge < -0.3 is 5.32 Å². The number of aromatic nitrogens is 5. The normalized spacial score (nSPS) is 10.2. The molecule has 2 aromatic rings. The Balaban J connectivity index is 1.93. The SMILES string of the molecule is Cc1nnc(NCc2ncn[nH]2)s1. The summed E-state index contributed by atoms with van der Waals surface area (Å²) in [5.41, 5.74) is 0. The molecule has 0 amide bonds. The molecule has 0 aliphatic rings. The van der Waals surface area contributed by atoms with Crippen molar-refractivity contribution in [1.29, 1.82) is 0 Å². The monoisotopic (exact) mass is 196 g/mol. The molecule has 0 fully saturated rings. The van der Waals surface area contributed by atoms with Gasteiger partial charge in [-0.1, -0.05) is 11.3 Å². The fourth-order valence-corrected chi connectivity index (χ4v) is 1.43. The topological polar surface area (TPSA) is 79.4 Å². The van der Waals surface area contributed by atoms with Crippen molar-refractivity contribution in [1.82, 2.24) is 25.4 Å². The highest BCUT2D eigenvalue weighted by atomic mass is 32.1. The molecule has 0 aliphatic carbocycles. The lowest BCUT2D eigenvalue weighted by atomic mass is 10.6. The third kappa shape index (κ3) is 2.00. The third-order valence-electron chi connectivity index (χ3n) is 1.40. The zero-order valence-corrected chi connectivity index (χ0v) is 7.80. The van der Waals surface area contributed by atoms with Crippen LogP contribution >= 0.6 is 11.3 Å². The van der Waals surface area contributed by atoms with E-state index in [-0.39, 0.29) is 0 Å². The molecule has 0 atom stereocenters. The van der Waals surface area contributed by atoms with Crippen molar-refractivity contribution < 1.29 is 0 Å². The van der Waals surface area contributed by atoms with Crippen molar-refractivity contribution in [3.8, 4) is 0 Å². The van der Waals surface area contributed by atoms with E-state index in [9.17, 15) is 0 Å². The summed E-state index contributed by atoms with van der Waals surface area (Å²) in [6.07, 6.45) is 1.47. The fraction of sp³-hybridized carbons (Fsp3) is 0.333. The van der Waals surface area contributed by atoms with Crippen LogP contribution in [-0.2, 0) is 6.54 Å². The summed E-state index contributed by atoms with van der Waals surface area (Å²) in [6.45, 7) is 2.51. The minimum absolute atomic E-state index is 0.592. The van der Waals surface area contributed by atoms with Gasteiger partial charge in [0.15, 0.2) is 0 Å². The smallest absolute Gasteiger partial charge is 0.206 e. The first-order valence-electron chi connectivity index (χ1n) is 3.73. The number of H-pyrrole nitrogens is 1. The molecular formula is C6H8N6S. The van der Waals surface area contributed by atoms with E-state index in [2.05, 4.69) is 30.7 Å². The van der Waals surface area contributed by atoms with Crippen molar-refractivity contribution in [2.24, 2.45) is 0 Å². The number of nitrogens with zero attached hydrogens (tertiary/aromatic N) is 4. The summed E-state index contributed by atoms with van der Waals surface area (Å²) in [5.74, 6) is 0.785. The zero-order valence-electron chi connectivity index (χ0n) is 6.98. The van der Waals surface area contributed by atoms with Gasteiger partial charge in [-0.05, 0) is 6.92 Å². The molecule has 2 heterocycles. The number of aryl methyl sites for hydroxylation is 1. The average molecular weight is 196 g/mol. The largest absolute Gasteiger partial charge is 0.353 e. The lowest BCUT2D eigenvalue weighted by Gasteiger charge is -1.95. The summed E-state index contributed by atoms with van der Waals surface area (Å²) in [7, 11) is 0. The molecule has 0 aliphatic heterocycles. The molecule has 13 heavy (non-hydrogen) atoms. The molecule has 0 unspecified atom stereocenters. The Kier molecular flexibility index (Phi) is 2.17. The Morgan fingerprint density at radius 2 is 2.46 bits per heavy atom. The van der Waals surface area contributed by atoms with Crippen LogP contribution < -0.4 is 5.32 Å². The summed E-state index contributed by atoms with van der Waals surface area (Å²) in [5, 5.41) is 19.1. The highest BCUT2D eigenvalue weighted by Crippen LogP contribution is 2.13. The molecule has 2 aromatic heterocycles. The number of nitrogens with one attached hydrogen (secondary N) is 2. The molecular weight excluding hydrogens is 188 g/mol. The lowest BCUT2D eigenvalue weighted by molar-refractivity contribution is 0.942. The quantitative estimate of drug-likeness (QED) is 0.750. The fourth-order valence-electron chi connectivity index (χ4n) is 0.843. The van der Waals surface area contributed by atoms with Crippen LogP contribution in [0.3, 0.4) is 0 Å². The molecule has 7 heteroatoms. The molecule has 6 nitrogen and oxygen atoms in total. The Bertz CT molecular complexity index is 366. The first-order chi connectivity index (χ1) is 6.34. The maximum absolute atomic E-state index is 3.97. The van der Waals surface area contributed by atoms with Gasteiger partial charge in [-0.3, -0.25) is 5.10 Å². The molecule has 68 valence electrons. The maximum atomic E-state index is 3.97. The second-order valence-electron chi connectivity index (χ2n) is 2.41. The van der Waals surface area contributed by atoms with Crippen LogP contribution in [0.2, 0.25) is 0 Å². The maximum Gasteiger partial charge on any atom is 0.206 e. The van der Waals surface area contributed by atoms with E-state index in [4.69, 9.17) is 0 Å². The number of hydrogen-bond donors (Lipinski definition) is 2. The standard InChI is InChI=1S/C6H8N6S/c1-4-10-12-6(13-4)7-2-5-8-3-9-11-5/h3H,2H2,1H3,(H,7,12)(H,8,9,11). The Morgan fingerprint density at radius 3 is 3.08 bits per heavy atom. The minimum Gasteiger partial charge on any atom is -0.353 e. The second kappa shape index (κ2) is 3.48. The minimum atomic E-state index is 0.592. The van der Waals surface area contributed by atoms with Crippen LogP contribution in [0.1, 0.15) is 10.8 Å². The van der Waals surface area contributed by atoms with E-state index in [0.29, 0.717) is 6.54 Å². The van der Waals surface area contributed by atoms with Gasteiger partial charge in [0.25, 0.3) is 0 Å². The predicted octanol–water partition coefficient (Wildman–Crippen LogP) is 0.577. The Hall–Kier alpha value is -1.50. The average Bonchev–Trinajstić information content (AvgIpc) is 2.71. The van der Waals surface area contributed by atoms with Gasteiger partial charge in [0.05, 0.1) is 6.54 Å². The van der Waals surface area contributed by atoms with Gasteiger partial charge in [-0.15, -0.1) is 10.2 Å².